The predicted molar refractivity (Wildman–Crippen MR) is 53.5 cm³/mol. The maximum absolute atomic E-state index is 5.82. The molecule has 1 atom stereocenters. The van der Waals surface area contributed by atoms with Crippen LogP contribution in [0.2, 0.25) is 0 Å². The van der Waals surface area contributed by atoms with E-state index in [0.29, 0.717) is 0 Å². The quantitative estimate of drug-likeness (QED) is 0.764. The second-order valence-electron chi connectivity index (χ2n) is 3.32. The summed E-state index contributed by atoms with van der Waals surface area (Å²) in [5, 5.41) is 7.86. The fraction of sp³-hybridized carbons (Fsp3) is 0.714. The van der Waals surface area contributed by atoms with Crippen LogP contribution in [0.1, 0.15) is 6.42 Å². The van der Waals surface area contributed by atoms with Gasteiger partial charge in [0.2, 0.25) is 0 Å². The highest BCUT2D eigenvalue weighted by molar-refractivity contribution is 9.10. The van der Waals surface area contributed by atoms with E-state index in [9.17, 15) is 0 Å². The summed E-state index contributed by atoms with van der Waals surface area (Å²) in [5.41, 5.74) is 5.82. The minimum atomic E-state index is 0.279. The van der Waals surface area contributed by atoms with Gasteiger partial charge >= 0.3 is 0 Å². The van der Waals surface area contributed by atoms with Gasteiger partial charge in [-0.15, -0.1) is 5.10 Å². The smallest absolute Gasteiger partial charge is 0.172 e. The van der Waals surface area contributed by atoms with Crippen molar-refractivity contribution in [2.45, 2.75) is 12.5 Å². The van der Waals surface area contributed by atoms with Crippen molar-refractivity contribution in [1.29, 1.82) is 0 Å². The van der Waals surface area contributed by atoms with Crippen LogP contribution < -0.4 is 10.6 Å². The number of hydrogen-bond donors (Lipinski definition) is 1. The minimum Gasteiger partial charge on any atom is -0.353 e. The molecule has 1 aliphatic rings. The Morgan fingerprint density at radius 3 is 2.85 bits per heavy atom. The van der Waals surface area contributed by atoms with Crippen molar-refractivity contribution in [2.24, 2.45) is 12.8 Å². The molecule has 1 saturated heterocycles. The summed E-state index contributed by atoms with van der Waals surface area (Å²) < 4.78 is 2.56. The van der Waals surface area contributed by atoms with Crippen LogP contribution >= 0.6 is 15.9 Å². The molecule has 72 valence electrons. The molecule has 0 aromatic carbocycles. The highest BCUT2D eigenvalue weighted by Crippen LogP contribution is 2.25. The lowest BCUT2D eigenvalue weighted by Crippen LogP contribution is -2.27. The summed E-state index contributed by atoms with van der Waals surface area (Å²) in [6.45, 7) is 1.88. The normalized spacial score (nSPS) is 22.7. The zero-order valence-electron chi connectivity index (χ0n) is 7.44. The van der Waals surface area contributed by atoms with Crippen LogP contribution in [0.15, 0.2) is 4.60 Å². The Balaban J connectivity index is 2.25. The van der Waals surface area contributed by atoms with Crippen LogP contribution in [0.3, 0.4) is 0 Å². The molecule has 5 nitrogen and oxygen atoms in total. The molecule has 2 heterocycles. The summed E-state index contributed by atoms with van der Waals surface area (Å²) in [6.07, 6.45) is 1.04. The van der Waals surface area contributed by atoms with Crippen LogP contribution in [0.5, 0.6) is 0 Å². The van der Waals surface area contributed by atoms with E-state index in [4.69, 9.17) is 5.73 Å². The molecule has 1 aromatic rings. The number of hydrogen-bond acceptors (Lipinski definition) is 4. The molecule has 2 N–H and O–H groups in total. The summed E-state index contributed by atoms with van der Waals surface area (Å²) >= 11 is 3.37. The monoisotopic (exact) mass is 245 g/mol. The van der Waals surface area contributed by atoms with E-state index in [1.54, 1.807) is 4.68 Å². The SMILES string of the molecule is Cn1nnc(Br)c1N1CCC(N)C1. The molecular formula is C7H12BrN5. The van der Waals surface area contributed by atoms with Gasteiger partial charge in [0.05, 0.1) is 0 Å². The molecule has 1 aliphatic heterocycles. The van der Waals surface area contributed by atoms with Crippen LogP contribution in [-0.4, -0.2) is 34.1 Å². The minimum absolute atomic E-state index is 0.279. The van der Waals surface area contributed by atoms with E-state index >= 15 is 0 Å². The standard InChI is InChI=1S/C7H12BrN5/c1-12-7(6(8)10-11-12)13-3-2-5(9)4-13/h5H,2-4,9H2,1H3. The van der Waals surface area contributed by atoms with Crippen LogP contribution in [-0.2, 0) is 7.05 Å². The first kappa shape index (κ1) is 8.96. The van der Waals surface area contributed by atoms with Crippen LogP contribution in [0.25, 0.3) is 0 Å². The van der Waals surface area contributed by atoms with Gasteiger partial charge in [-0.2, -0.15) is 0 Å². The van der Waals surface area contributed by atoms with Crippen LogP contribution in [0, 0.1) is 0 Å². The van der Waals surface area contributed by atoms with E-state index in [-0.39, 0.29) is 6.04 Å². The molecule has 13 heavy (non-hydrogen) atoms. The predicted octanol–water partition coefficient (Wildman–Crippen LogP) is 0.115. The average molecular weight is 246 g/mol. The van der Waals surface area contributed by atoms with Crippen molar-refractivity contribution in [1.82, 2.24) is 15.0 Å². The van der Waals surface area contributed by atoms with Gasteiger partial charge in [-0.3, -0.25) is 0 Å². The number of aryl methyl sites for hydroxylation is 1. The fourth-order valence-corrected chi connectivity index (χ4v) is 2.22. The number of halogens is 1. The second kappa shape index (κ2) is 3.26. The molecule has 1 unspecified atom stereocenters. The van der Waals surface area contributed by atoms with Gasteiger partial charge in [0.1, 0.15) is 0 Å². The number of aromatic nitrogens is 3. The van der Waals surface area contributed by atoms with Crippen molar-refractivity contribution in [3.05, 3.63) is 4.60 Å². The Hall–Kier alpha value is -0.620. The Kier molecular flexibility index (Phi) is 2.25. The first-order valence-electron chi connectivity index (χ1n) is 4.24. The van der Waals surface area contributed by atoms with E-state index in [0.717, 1.165) is 29.9 Å². The molecule has 0 saturated carbocycles. The number of nitrogens with two attached hydrogens (primary N) is 1. The molecule has 2 rings (SSSR count). The molecular weight excluding hydrogens is 234 g/mol. The average Bonchev–Trinajstić information content (AvgIpc) is 2.60. The Morgan fingerprint density at radius 2 is 2.38 bits per heavy atom. The molecule has 0 spiro atoms. The van der Waals surface area contributed by atoms with Gasteiger partial charge in [0, 0.05) is 26.2 Å². The van der Waals surface area contributed by atoms with Crippen molar-refractivity contribution < 1.29 is 0 Å². The van der Waals surface area contributed by atoms with Gasteiger partial charge in [-0.05, 0) is 22.4 Å². The summed E-state index contributed by atoms with van der Waals surface area (Å²) in [6, 6.07) is 0.279. The lowest BCUT2D eigenvalue weighted by molar-refractivity contribution is 0.696. The Labute approximate surface area is 85.0 Å². The van der Waals surface area contributed by atoms with E-state index in [1.165, 1.54) is 0 Å². The van der Waals surface area contributed by atoms with E-state index in [2.05, 4.69) is 31.1 Å². The van der Waals surface area contributed by atoms with Crippen LogP contribution in [0.4, 0.5) is 5.82 Å². The topological polar surface area (TPSA) is 60.0 Å². The Morgan fingerprint density at radius 1 is 1.62 bits per heavy atom. The van der Waals surface area contributed by atoms with Crippen molar-refractivity contribution in [3.63, 3.8) is 0 Å². The number of anilines is 1. The number of rotatable bonds is 1. The van der Waals surface area contributed by atoms with Gasteiger partial charge in [0.25, 0.3) is 0 Å². The van der Waals surface area contributed by atoms with Gasteiger partial charge < -0.3 is 10.6 Å². The summed E-state index contributed by atoms with van der Waals surface area (Å²) in [7, 11) is 1.89. The highest BCUT2D eigenvalue weighted by Gasteiger charge is 2.24. The molecule has 0 radical (unpaired) electrons. The summed E-state index contributed by atoms with van der Waals surface area (Å²) in [5.74, 6) is 1.02. The van der Waals surface area contributed by atoms with Crippen molar-refractivity contribution in [3.8, 4) is 0 Å². The van der Waals surface area contributed by atoms with Crippen molar-refractivity contribution in [2.75, 3.05) is 18.0 Å². The largest absolute Gasteiger partial charge is 0.353 e. The van der Waals surface area contributed by atoms with E-state index in [1.807, 2.05) is 7.05 Å². The molecule has 1 fully saturated rings. The van der Waals surface area contributed by atoms with Gasteiger partial charge in [0.15, 0.2) is 10.4 Å². The third kappa shape index (κ3) is 1.55. The Bertz CT molecular complexity index is 290. The third-order valence-corrected chi connectivity index (χ3v) is 2.80. The third-order valence-electron chi connectivity index (χ3n) is 2.28. The maximum Gasteiger partial charge on any atom is 0.172 e. The fourth-order valence-electron chi connectivity index (χ4n) is 1.64. The first-order valence-corrected chi connectivity index (χ1v) is 5.03. The molecule has 0 aliphatic carbocycles. The molecule has 0 amide bonds. The summed E-state index contributed by atoms with van der Waals surface area (Å²) in [4.78, 5) is 2.20. The highest BCUT2D eigenvalue weighted by atomic mass is 79.9. The second-order valence-corrected chi connectivity index (χ2v) is 4.07. The molecule has 1 aromatic heterocycles. The number of nitrogens with zero attached hydrogens (tertiary/aromatic N) is 4. The lowest BCUT2D eigenvalue weighted by atomic mass is 10.3. The van der Waals surface area contributed by atoms with Crippen molar-refractivity contribution >= 4 is 21.7 Å². The first-order chi connectivity index (χ1) is 6.18. The zero-order valence-corrected chi connectivity index (χ0v) is 9.03. The van der Waals surface area contributed by atoms with Gasteiger partial charge in [-0.25, -0.2) is 4.68 Å². The zero-order chi connectivity index (χ0) is 9.42. The molecule has 6 heteroatoms. The lowest BCUT2D eigenvalue weighted by Gasteiger charge is -2.17. The van der Waals surface area contributed by atoms with Gasteiger partial charge in [-0.1, -0.05) is 5.21 Å². The molecule has 0 bridgehead atoms. The maximum atomic E-state index is 5.82. The van der Waals surface area contributed by atoms with E-state index < -0.39 is 0 Å².